The first kappa shape index (κ1) is 31.8. The molecular weight excluding hydrogens is 620 g/mol. The topological polar surface area (TPSA) is 91.3 Å². The third-order valence-electron chi connectivity index (χ3n) is 7.62. The molecule has 0 unspecified atom stereocenters. The molecule has 0 saturated heterocycles. The first-order valence-electron chi connectivity index (χ1n) is 15.4. The fraction of sp³-hybridized carbons (Fsp3) is 0.353. The van der Waals surface area contributed by atoms with E-state index in [4.69, 9.17) is 9.72 Å². The van der Waals surface area contributed by atoms with E-state index in [1.165, 1.54) is 11.6 Å². The van der Waals surface area contributed by atoms with Gasteiger partial charge in [-0.05, 0) is 77.0 Å². The van der Waals surface area contributed by atoms with E-state index in [-0.39, 0.29) is 5.75 Å². The molecule has 1 aliphatic heterocycles. The number of benzene rings is 2. The molecule has 0 aliphatic carbocycles. The van der Waals surface area contributed by atoms with Gasteiger partial charge in [-0.15, -0.1) is 21.5 Å². The van der Waals surface area contributed by atoms with Crippen LogP contribution in [-0.4, -0.2) is 71.9 Å². The smallest absolute Gasteiger partial charge is 0.191 e. The average molecular weight is 657 g/mol. The maximum absolute atomic E-state index is 14.6. The summed E-state index contributed by atoms with van der Waals surface area (Å²) in [7, 11) is 4.06. The predicted octanol–water partition coefficient (Wildman–Crippen LogP) is 6.33. The van der Waals surface area contributed by atoms with E-state index in [9.17, 15) is 4.39 Å². The number of hydrogen-bond donors (Lipinski definition) is 2. The number of nitrogens with zero attached hydrogens (tertiary/aromatic N) is 6. The van der Waals surface area contributed by atoms with Crippen molar-refractivity contribution in [1.29, 1.82) is 0 Å². The van der Waals surface area contributed by atoms with Crippen LogP contribution in [0.5, 0.6) is 5.75 Å². The highest BCUT2D eigenvalue weighted by atomic mass is 32.1. The lowest BCUT2D eigenvalue weighted by Gasteiger charge is -2.28. The van der Waals surface area contributed by atoms with Gasteiger partial charge in [-0.3, -0.25) is 0 Å². The highest BCUT2D eigenvalue weighted by Crippen LogP contribution is 2.38. The van der Waals surface area contributed by atoms with E-state index in [0.717, 1.165) is 87.9 Å². The van der Waals surface area contributed by atoms with E-state index < -0.39 is 5.82 Å². The summed E-state index contributed by atoms with van der Waals surface area (Å²) in [5.41, 5.74) is 3.88. The molecule has 0 fully saturated rings. The van der Waals surface area contributed by atoms with Crippen LogP contribution in [0, 0.1) is 24.6 Å². The van der Waals surface area contributed by atoms with Crippen molar-refractivity contribution >= 4 is 54.8 Å². The molecule has 9 nitrogen and oxygen atoms in total. The second-order valence-electron chi connectivity index (χ2n) is 11.3. The van der Waals surface area contributed by atoms with Crippen molar-refractivity contribution in [3.63, 3.8) is 0 Å². The molecule has 0 saturated carbocycles. The van der Waals surface area contributed by atoms with Gasteiger partial charge in [0.25, 0.3) is 0 Å². The van der Waals surface area contributed by atoms with E-state index in [1.54, 1.807) is 34.8 Å². The molecule has 0 spiro atoms. The van der Waals surface area contributed by atoms with Gasteiger partial charge in [0.15, 0.2) is 33.5 Å². The zero-order valence-corrected chi connectivity index (χ0v) is 27.9. The van der Waals surface area contributed by atoms with Crippen molar-refractivity contribution in [2.75, 3.05) is 57.1 Å². The van der Waals surface area contributed by atoms with Gasteiger partial charge in [0, 0.05) is 47.4 Å². The monoisotopic (exact) mass is 656 g/mol. The van der Waals surface area contributed by atoms with Crippen LogP contribution in [-0.2, 0) is 12.8 Å². The molecule has 2 N–H and O–H groups in total. The average Bonchev–Trinajstić information content (AvgIpc) is 3.69. The van der Waals surface area contributed by atoms with Gasteiger partial charge in [0.2, 0.25) is 0 Å². The number of aryl methyl sites for hydroxylation is 1. The fourth-order valence-electron chi connectivity index (χ4n) is 5.17. The van der Waals surface area contributed by atoms with Crippen LogP contribution in [0.1, 0.15) is 34.4 Å². The third kappa shape index (κ3) is 7.79. The first-order valence-corrected chi connectivity index (χ1v) is 17.1. The predicted molar refractivity (Wildman–Crippen MR) is 186 cm³/mol. The second kappa shape index (κ2) is 15.0. The SMILES string of the molecule is Cc1c(Nc2nc3ccccc3s2)nnc2c1CCCN2c1ncc(CCCOc2ccc(C#CCNCCN(C)C)cc2F)s1. The highest BCUT2D eigenvalue weighted by molar-refractivity contribution is 7.22. The Hall–Kier alpha value is -4.15. The van der Waals surface area contributed by atoms with Crippen LogP contribution in [0.4, 0.5) is 26.3 Å². The van der Waals surface area contributed by atoms with Crippen LogP contribution in [0.15, 0.2) is 48.7 Å². The summed E-state index contributed by atoms with van der Waals surface area (Å²) in [6.45, 7) is 5.71. The third-order valence-corrected chi connectivity index (χ3v) is 9.65. The number of ether oxygens (including phenoxy) is 1. The minimum absolute atomic E-state index is 0.246. The molecule has 0 bridgehead atoms. The Bertz CT molecular complexity index is 1830. The number of hydrogen-bond acceptors (Lipinski definition) is 11. The number of nitrogens with one attached hydrogen (secondary N) is 2. The van der Waals surface area contributed by atoms with Crippen molar-refractivity contribution in [2.24, 2.45) is 0 Å². The number of thiazole rings is 2. The quantitative estimate of drug-likeness (QED) is 0.118. The lowest BCUT2D eigenvalue weighted by molar-refractivity contribution is 0.296. The van der Waals surface area contributed by atoms with Crippen LogP contribution in [0.25, 0.3) is 10.2 Å². The summed E-state index contributed by atoms with van der Waals surface area (Å²) >= 11 is 3.26. The standard InChI is InChI=1S/C34H37FN8OS2/c1-23-26-11-7-18-43(32(26)41-40-31(23)39-33-38-28-12-4-5-13-30(28)46-33)34-37-22-25(45-34)10-8-20-44-29-15-14-24(21-27(29)35)9-6-16-36-17-19-42(2)3/h4-5,12-15,21-22,36H,7-8,10-11,16-20H2,1-3H3,(H,38,39,40). The maximum atomic E-state index is 14.6. The molecule has 1 aliphatic rings. The van der Waals surface area contributed by atoms with Crippen molar-refractivity contribution in [2.45, 2.75) is 32.6 Å². The highest BCUT2D eigenvalue weighted by Gasteiger charge is 2.26. The zero-order valence-electron chi connectivity index (χ0n) is 26.3. The van der Waals surface area contributed by atoms with Gasteiger partial charge < -0.3 is 25.2 Å². The molecule has 6 rings (SSSR count). The minimum atomic E-state index is -0.397. The summed E-state index contributed by atoms with van der Waals surface area (Å²) in [5.74, 6) is 7.49. The largest absolute Gasteiger partial charge is 0.491 e. The van der Waals surface area contributed by atoms with Gasteiger partial charge in [-0.2, -0.15) is 0 Å². The second-order valence-corrected chi connectivity index (χ2v) is 13.5. The van der Waals surface area contributed by atoms with Crippen LogP contribution in [0.2, 0.25) is 0 Å². The molecule has 2 aromatic carbocycles. The number of aromatic nitrogens is 4. The fourth-order valence-corrected chi connectivity index (χ4v) is 7.02. The van der Waals surface area contributed by atoms with Gasteiger partial charge >= 0.3 is 0 Å². The van der Waals surface area contributed by atoms with E-state index in [1.807, 2.05) is 38.5 Å². The summed E-state index contributed by atoms with van der Waals surface area (Å²) in [6.07, 6.45) is 5.40. The Kier molecular flexibility index (Phi) is 10.3. The number of rotatable bonds is 12. The molecule has 12 heteroatoms. The minimum Gasteiger partial charge on any atom is -0.491 e. The number of fused-ring (bicyclic) bond motifs is 2. The first-order chi connectivity index (χ1) is 22.4. The number of para-hydroxylation sites is 1. The molecule has 4 heterocycles. The Balaban J connectivity index is 1.01. The molecule has 3 aromatic heterocycles. The molecule has 0 atom stereocenters. The Labute approximate surface area is 276 Å². The van der Waals surface area contributed by atoms with Crippen LogP contribution >= 0.6 is 22.7 Å². The summed E-state index contributed by atoms with van der Waals surface area (Å²) in [6, 6.07) is 13.0. The number of halogens is 1. The maximum Gasteiger partial charge on any atom is 0.191 e. The van der Waals surface area contributed by atoms with E-state index >= 15 is 0 Å². The number of likely N-dealkylation sites (N-methyl/N-ethyl adjacent to an activating group) is 1. The molecule has 0 radical (unpaired) electrons. The normalized spacial score (nSPS) is 12.7. The lowest BCUT2D eigenvalue weighted by Crippen LogP contribution is -2.27. The Morgan fingerprint density at radius 1 is 1.13 bits per heavy atom. The van der Waals surface area contributed by atoms with Crippen LogP contribution < -0.4 is 20.3 Å². The summed E-state index contributed by atoms with van der Waals surface area (Å²) in [5, 5.41) is 17.6. The molecule has 46 heavy (non-hydrogen) atoms. The van der Waals surface area contributed by atoms with Crippen LogP contribution in [0.3, 0.4) is 0 Å². The van der Waals surface area contributed by atoms with Crippen molar-refractivity contribution in [3.05, 3.63) is 76.0 Å². The Morgan fingerprint density at radius 2 is 2.02 bits per heavy atom. The molecule has 5 aromatic rings. The van der Waals surface area contributed by atoms with E-state index in [0.29, 0.717) is 18.7 Å². The van der Waals surface area contributed by atoms with E-state index in [2.05, 4.69) is 60.4 Å². The summed E-state index contributed by atoms with van der Waals surface area (Å²) < 4.78 is 21.5. The molecule has 0 amide bonds. The molecule has 238 valence electrons. The van der Waals surface area contributed by atoms with Gasteiger partial charge in [0.1, 0.15) is 0 Å². The lowest BCUT2D eigenvalue weighted by atomic mass is 10.0. The van der Waals surface area contributed by atoms with Crippen molar-refractivity contribution in [3.8, 4) is 17.6 Å². The molecular formula is C34H37FN8OS2. The van der Waals surface area contributed by atoms with Gasteiger partial charge in [-0.1, -0.05) is 35.3 Å². The zero-order chi connectivity index (χ0) is 31.9. The van der Waals surface area contributed by atoms with Crippen molar-refractivity contribution < 1.29 is 9.13 Å². The van der Waals surface area contributed by atoms with Gasteiger partial charge in [0.05, 0.1) is 23.4 Å². The van der Waals surface area contributed by atoms with Crippen molar-refractivity contribution in [1.82, 2.24) is 30.4 Å². The Morgan fingerprint density at radius 3 is 2.87 bits per heavy atom. The number of anilines is 4. The summed E-state index contributed by atoms with van der Waals surface area (Å²) in [4.78, 5) is 14.8. The van der Waals surface area contributed by atoms with Gasteiger partial charge in [-0.25, -0.2) is 14.4 Å².